The highest BCUT2D eigenvalue weighted by molar-refractivity contribution is 5.27. The molecule has 10 atom stereocenters. The molecule has 0 aromatic rings. The Labute approximate surface area is 192 Å². The monoisotopic (exact) mass is 424 g/mol. The molecule has 0 bridgehead atoms. The number of rotatable bonds is 1. The highest BCUT2D eigenvalue weighted by atomic mass is 16.3. The van der Waals surface area contributed by atoms with Crippen LogP contribution in [0.1, 0.15) is 99.8 Å². The zero-order valence-electron chi connectivity index (χ0n) is 21.4. The third-order valence-electron chi connectivity index (χ3n) is 12.9. The molecule has 1 nitrogen and oxygen atoms in total. The van der Waals surface area contributed by atoms with Gasteiger partial charge in [0.05, 0.1) is 6.10 Å². The second-order valence-corrected chi connectivity index (χ2v) is 14.4. The van der Waals surface area contributed by atoms with Crippen LogP contribution in [0.3, 0.4) is 0 Å². The van der Waals surface area contributed by atoms with Crippen molar-refractivity contribution < 1.29 is 5.11 Å². The molecule has 0 aromatic carbocycles. The lowest BCUT2D eigenvalue weighted by Gasteiger charge is -2.71. The van der Waals surface area contributed by atoms with Gasteiger partial charge >= 0.3 is 0 Å². The van der Waals surface area contributed by atoms with Gasteiger partial charge in [-0.2, -0.15) is 0 Å². The van der Waals surface area contributed by atoms with Crippen molar-refractivity contribution in [2.75, 3.05) is 0 Å². The molecule has 0 spiro atoms. The van der Waals surface area contributed by atoms with Gasteiger partial charge in [-0.15, -0.1) is 0 Å². The second-order valence-electron chi connectivity index (χ2n) is 14.4. The summed E-state index contributed by atoms with van der Waals surface area (Å²) in [5.41, 5.74) is 3.01. The molecule has 174 valence electrons. The number of hydrogen-bond acceptors (Lipinski definition) is 1. The first kappa shape index (κ1) is 22.2. The van der Waals surface area contributed by atoms with Crippen LogP contribution in [-0.2, 0) is 0 Å². The summed E-state index contributed by atoms with van der Waals surface area (Å²) >= 11 is 0. The Morgan fingerprint density at radius 1 is 0.839 bits per heavy atom. The molecule has 5 aliphatic carbocycles. The van der Waals surface area contributed by atoms with Gasteiger partial charge in [-0.05, 0) is 115 Å². The Balaban J connectivity index is 1.60. The predicted octanol–water partition coefficient (Wildman–Crippen LogP) is 7.80. The number of hydrogen-bond donors (Lipinski definition) is 1. The minimum atomic E-state index is -0.143. The quantitative estimate of drug-likeness (QED) is 0.426. The van der Waals surface area contributed by atoms with E-state index in [4.69, 9.17) is 0 Å². The molecule has 0 aromatic heterocycles. The van der Waals surface area contributed by atoms with Crippen LogP contribution >= 0.6 is 0 Å². The Kier molecular flexibility index (Phi) is 4.68. The largest absolute Gasteiger partial charge is 0.393 e. The molecule has 4 fully saturated rings. The van der Waals surface area contributed by atoms with Gasteiger partial charge in [-0.3, -0.25) is 0 Å². The molecular weight excluding hydrogens is 376 g/mol. The highest BCUT2D eigenvalue weighted by Gasteiger charge is 2.69. The Morgan fingerprint density at radius 2 is 1.55 bits per heavy atom. The maximum Gasteiger partial charge on any atom is 0.0594 e. The van der Waals surface area contributed by atoms with E-state index >= 15 is 0 Å². The summed E-state index contributed by atoms with van der Waals surface area (Å²) in [7, 11) is 0. The van der Waals surface area contributed by atoms with E-state index in [0.29, 0.717) is 45.3 Å². The van der Waals surface area contributed by atoms with Crippen molar-refractivity contribution in [3.63, 3.8) is 0 Å². The molecule has 0 saturated heterocycles. The molecule has 31 heavy (non-hydrogen) atoms. The fourth-order valence-corrected chi connectivity index (χ4v) is 10.7. The molecule has 4 saturated carbocycles. The van der Waals surface area contributed by atoms with Crippen LogP contribution in [0.2, 0.25) is 0 Å². The lowest BCUT2D eigenvalue weighted by Crippen LogP contribution is -2.65. The number of allylic oxidation sites excluding steroid dienone is 3. The molecule has 0 amide bonds. The molecular formula is C30H48O. The van der Waals surface area contributed by atoms with Crippen LogP contribution in [0, 0.1) is 56.7 Å². The number of aliphatic hydroxyl groups excluding tert-OH is 1. The molecule has 0 unspecified atom stereocenters. The fourth-order valence-electron chi connectivity index (χ4n) is 10.7. The Bertz CT molecular complexity index is 807. The third kappa shape index (κ3) is 2.59. The van der Waals surface area contributed by atoms with Crippen LogP contribution in [0.4, 0.5) is 0 Å². The predicted molar refractivity (Wildman–Crippen MR) is 131 cm³/mol. The average molecular weight is 425 g/mol. The summed E-state index contributed by atoms with van der Waals surface area (Å²) in [4.78, 5) is 0. The average Bonchev–Trinajstić information content (AvgIpc) is 3.04. The van der Waals surface area contributed by atoms with E-state index in [0.717, 1.165) is 12.3 Å². The maximum absolute atomic E-state index is 10.9. The SMILES string of the molecule is C=C(C)[C@@H]1CC[C@]2(C)CC[C@]3(C)[C@H](C=C[C@@H]4[C@@]5(C)CC[C@H](O)C(C)(C)[C@@H]5CC[C@]43C)[C@@H]12. The van der Waals surface area contributed by atoms with Gasteiger partial charge in [-0.25, -0.2) is 0 Å². The molecule has 1 N–H and O–H groups in total. The minimum Gasteiger partial charge on any atom is -0.393 e. The van der Waals surface area contributed by atoms with E-state index < -0.39 is 0 Å². The van der Waals surface area contributed by atoms with Crippen molar-refractivity contribution in [1.82, 2.24) is 0 Å². The minimum absolute atomic E-state index is 0.0293. The van der Waals surface area contributed by atoms with Gasteiger partial charge in [0.15, 0.2) is 0 Å². The van der Waals surface area contributed by atoms with Crippen LogP contribution < -0.4 is 0 Å². The summed E-state index contributed by atoms with van der Waals surface area (Å²) in [6, 6.07) is 0. The fraction of sp³-hybridized carbons (Fsp3) is 0.867. The van der Waals surface area contributed by atoms with Crippen LogP contribution in [0.15, 0.2) is 24.3 Å². The van der Waals surface area contributed by atoms with Crippen molar-refractivity contribution >= 4 is 0 Å². The zero-order valence-corrected chi connectivity index (χ0v) is 21.4. The lowest BCUT2D eigenvalue weighted by molar-refractivity contribution is -0.210. The number of aliphatic hydroxyl groups is 1. The summed E-state index contributed by atoms with van der Waals surface area (Å²) in [6.07, 6.45) is 15.6. The zero-order chi connectivity index (χ0) is 22.6. The first-order valence-electron chi connectivity index (χ1n) is 13.3. The lowest BCUT2D eigenvalue weighted by atomic mass is 9.34. The van der Waals surface area contributed by atoms with E-state index in [1.54, 1.807) is 0 Å². The van der Waals surface area contributed by atoms with Crippen LogP contribution in [0.25, 0.3) is 0 Å². The van der Waals surface area contributed by atoms with Gasteiger partial charge in [0.1, 0.15) is 0 Å². The van der Waals surface area contributed by atoms with Gasteiger partial charge in [0, 0.05) is 0 Å². The van der Waals surface area contributed by atoms with Crippen molar-refractivity contribution in [2.24, 2.45) is 56.7 Å². The molecule has 1 heteroatoms. The van der Waals surface area contributed by atoms with Gasteiger partial charge in [0.2, 0.25) is 0 Å². The van der Waals surface area contributed by atoms with Crippen molar-refractivity contribution in [3.8, 4) is 0 Å². The third-order valence-corrected chi connectivity index (χ3v) is 12.9. The Morgan fingerprint density at radius 3 is 2.23 bits per heavy atom. The first-order valence-corrected chi connectivity index (χ1v) is 13.3. The van der Waals surface area contributed by atoms with E-state index in [-0.39, 0.29) is 11.5 Å². The molecule has 5 aliphatic rings. The smallest absolute Gasteiger partial charge is 0.0594 e. The number of fused-ring (bicyclic) bond motifs is 7. The van der Waals surface area contributed by atoms with E-state index in [1.807, 2.05) is 0 Å². The summed E-state index contributed by atoms with van der Waals surface area (Å²) in [6.45, 7) is 22.0. The van der Waals surface area contributed by atoms with Crippen molar-refractivity contribution in [1.29, 1.82) is 0 Å². The summed E-state index contributed by atoms with van der Waals surface area (Å²) in [5.74, 6) is 3.43. The van der Waals surface area contributed by atoms with Gasteiger partial charge in [0.25, 0.3) is 0 Å². The topological polar surface area (TPSA) is 20.2 Å². The summed E-state index contributed by atoms with van der Waals surface area (Å²) in [5, 5.41) is 10.9. The maximum atomic E-state index is 10.9. The molecule has 0 radical (unpaired) electrons. The standard InChI is InChI=1S/C30H48O/c1-19(2)20-11-14-27(5)17-18-29(7)21(25(20)27)9-10-23-28(6)15-13-24(31)26(3,4)22(28)12-16-30(23,29)8/h9-10,20-25,31H,1,11-18H2,2-8H3/t20-,21+,22-,23+,24-,25+,27+,28-,29+,30+/m0/s1. The Hall–Kier alpha value is -0.560. The van der Waals surface area contributed by atoms with Crippen molar-refractivity contribution in [2.45, 2.75) is 106 Å². The summed E-state index contributed by atoms with van der Waals surface area (Å²) < 4.78 is 0. The van der Waals surface area contributed by atoms with Crippen molar-refractivity contribution in [3.05, 3.63) is 24.3 Å². The normalized spacial score (nSPS) is 57.4. The molecule has 0 aliphatic heterocycles. The second kappa shape index (κ2) is 6.52. The van der Waals surface area contributed by atoms with Gasteiger partial charge < -0.3 is 5.11 Å². The van der Waals surface area contributed by atoms with E-state index in [1.165, 1.54) is 50.5 Å². The highest BCUT2D eigenvalue weighted by Crippen LogP contribution is 2.75. The van der Waals surface area contributed by atoms with E-state index in [2.05, 4.69) is 67.2 Å². The first-order chi connectivity index (χ1) is 14.3. The van der Waals surface area contributed by atoms with Crippen LogP contribution in [-0.4, -0.2) is 11.2 Å². The molecule has 5 rings (SSSR count). The molecule has 0 heterocycles. The van der Waals surface area contributed by atoms with Gasteiger partial charge in [-0.1, -0.05) is 65.8 Å². The van der Waals surface area contributed by atoms with Crippen LogP contribution in [0.5, 0.6) is 0 Å². The van der Waals surface area contributed by atoms with E-state index in [9.17, 15) is 5.11 Å².